The van der Waals surface area contributed by atoms with Crippen molar-refractivity contribution in [2.45, 2.75) is 69.8 Å². The van der Waals surface area contributed by atoms with Gasteiger partial charge in [-0.2, -0.15) is 39.5 Å². The summed E-state index contributed by atoms with van der Waals surface area (Å²) in [6, 6.07) is 1.05. The molecule has 3 aromatic rings. The quantitative estimate of drug-likeness (QED) is 0.199. The molecule has 20 heteroatoms. The number of aromatic nitrogens is 2. The van der Waals surface area contributed by atoms with Gasteiger partial charge in [0, 0.05) is 56.9 Å². The van der Waals surface area contributed by atoms with E-state index in [0.717, 1.165) is 23.1 Å². The summed E-state index contributed by atoms with van der Waals surface area (Å²) in [5.74, 6) is -1.46. The maximum absolute atomic E-state index is 14.0. The van der Waals surface area contributed by atoms with E-state index in [1.807, 2.05) is 0 Å². The van der Waals surface area contributed by atoms with Gasteiger partial charge in [0.15, 0.2) is 0 Å². The number of nitrogens with two attached hydrogens (primary N) is 1. The van der Waals surface area contributed by atoms with Gasteiger partial charge in [-0.3, -0.25) is 9.80 Å². The third-order valence-corrected chi connectivity index (χ3v) is 9.52. The number of carbonyl (C=O) groups is 2. The van der Waals surface area contributed by atoms with Gasteiger partial charge in [-0.05, 0) is 60.9 Å². The van der Waals surface area contributed by atoms with Crippen molar-refractivity contribution in [2.75, 3.05) is 50.9 Å². The number of benzene rings is 2. The van der Waals surface area contributed by atoms with Gasteiger partial charge in [0.2, 0.25) is 0 Å². The summed E-state index contributed by atoms with van der Waals surface area (Å²) in [7, 11) is 0. The first kappa shape index (κ1) is 42.5. The Hall–Kier alpha value is -4.69. The lowest BCUT2D eigenvalue weighted by atomic mass is 9.79. The number of carbonyl (C=O) groups excluding carboxylic acids is 2. The Kier molecular flexibility index (Phi) is 13.0. The standard InChI is InChI=1S/C36H40F9N7O4/c1-3-27-30(46)29(25-17-22(34(37,38)39)5-6-28(25)52(27)33(54)56-4-2)31-48-18-21(19-49-32(53)47-7-8-51-9-11-55-12-10-51)26(50-31)15-20-13-23(35(40,41)42)16-24(14-20)36(43,44)45/h5-6,13-14,16-18,27,29-30H,3-4,7-12,15,19,46H2,1-2H3,(H2,47,49,53). The number of morpholine rings is 1. The van der Waals surface area contributed by atoms with Crippen molar-refractivity contribution in [1.82, 2.24) is 25.5 Å². The van der Waals surface area contributed by atoms with Gasteiger partial charge in [-0.1, -0.05) is 6.92 Å². The van der Waals surface area contributed by atoms with Crippen LogP contribution < -0.4 is 21.3 Å². The molecular weight excluding hydrogens is 765 g/mol. The number of amides is 3. The van der Waals surface area contributed by atoms with Crippen molar-refractivity contribution >= 4 is 17.8 Å². The molecule has 2 aromatic carbocycles. The fraction of sp³-hybridized carbons (Fsp3) is 0.500. The van der Waals surface area contributed by atoms with Gasteiger partial charge >= 0.3 is 30.7 Å². The largest absolute Gasteiger partial charge is 0.449 e. The van der Waals surface area contributed by atoms with E-state index in [2.05, 4.69) is 25.5 Å². The molecule has 3 amide bonds. The third-order valence-electron chi connectivity index (χ3n) is 9.52. The molecule has 1 fully saturated rings. The predicted molar refractivity (Wildman–Crippen MR) is 184 cm³/mol. The molecule has 1 aromatic heterocycles. The molecule has 2 aliphatic heterocycles. The summed E-state index contributed by atoms with van der Waals surface area (Å²) in [5.41, 5.74) is 1.92. The van der Waals surface area contributed by atoms with Gasteiger partial charge < -0.3 is 25.8 Å². The molecule has 3 unspecified atom stereocenters. The molecule has 1 saturated heterocycles. The Morgan fingerprint density at radius 2 is 1.55 bits per heavy atom. The van der Waals surface area contributed by atoms with Crippen molar-refractivity contribution in [3.63, 3.8) is 0 Å². The Morgan fingerprint density at radius 3 is 2.14 bits per heavy atom. The highest BCUT2D eigenvalue weighted by atomic mass is 19.4. The van der Waals surface area contributed by atoms with Crippen LogP contribution in [0.25, 0.3) is 0 Å². The molecule has 306 valence electrons. The number of urea groups is 1. The molecule has 0 spiro atoms. The Morgan fingerprint density at radius 1 is 0.911 bits per heavy atom. The summed E-state index contributed by atoms with van der Waals surface area (Å²) in [4.78, 5) is 38.0. The van der Waals surface area contributed by atoms with Crippen LogP contribution in [0.15, 0.2) is 42.6 Å². The highest BCUT2D eigenvalue weighted by Gasteiger charge is 2.45. The monoisotopic (exact) mass is 805 g/mol. The molecule has 5 rings (SSSR count). The molecule has 2 aliphatic rings. The zero-order valence-corrected chi connectivity index (χ0v) is 30.2. The Balaban J connectivity index is 1.57. The van der Waals surface area contributed by atoms with Crippen LogP contribution in [0.2, 0.25) is 0 Å². The molecule has 4 N–H and O–H groups in total. The maximum atomic E-state index is 14.0. The lowest BCUT2D eigenvalue weighted by Crippen LogP contribution is -2.57. The van der Waals surface area contributed by atoms with Crippen LogP contribution in [0.3, 0.4) is 0 Å². The van der Waals surface area contributed by atoms with Crippen LogP contribution in [0, 0.1) is 0 Å². The maximum Gasteiger partial charge on any atom is 0.416 e. The summed E-state index contributed by atoms with van der Waals surface area (Å²) < 4.78 is 135. The van der Waals surface area contributed by atoms with E-state index < -0.39 is 77.3 Å². The lowest BCUT2D eigenvalue weighted by molar-refractivity contribution is -0.143. The van der Waals surface area contributed by atoms with Crippen LogP contribution in [0.4, 0.5) is 54.8 Å². The molecule has 0 aliphatic carbocycles. The minimum Gasteiger partial charge on any atom is -0.449 e. The van der Waals surface area contributed by atoms with Crippen LogP contribution >= 0.6 is 0 Å². The highest BCUT2D eigenvalue weighted by Crippen LogP contribution is 2.45. The summed E-state index contributed by atoms with van der Waals surface area (Å²) in [6.45, 7) is 6.05. The van der Waals surface area contributed by atoms with Gasteiger partial charge in [-0.15, -0.1) is 0 Å². The zero-order valence-electron chi connectivity index (χ0n) is 30.2. The van der Waals surface area contributed by atoms with Crippen LogP contribution in [0.5, 0.6) is 0 Å². The number of rotatable bonds is 10. The molecule has 11 nitrogen and oxygen atoms in total. The normalized spacial score (nSPS) is 19.4. The van der Waals surface area contributed by atoms with Gasteiger partial charge in [-0.25, -0.2) is 19.6 Å². The van der Waals surface area contributed by atoms with Crippen molar-refractivity contribution < 1.29 is 58.6 Å². The lowest BCUT2D eigenvalue weighted by Gasteiger charge is -2.44. The molecule has 3 atom stereocenters. The highest BCUT2D eigenvalue weighted by molar-refractivity contribution is 5.91. The van der Waals surface area contributed by atoms with Crippen molar-refractivity contribution in [2.24, 2.45) is 5.73 Å². The first-order chi connectivity index (χ1) is 26.3. The second kappa shape index (κ2) is 17.2. The number of fused-ring (bicyclic) bond motifs is 1. The second-order valence-electron chi connectivity index (χ2n) is 13.2. The SMILES string of the molecule is CCOC(=O)N1c2ccc(C(F)(F)F)cc2C(c2ncc(CNC(=O)NCCN3CCOCC3)c(Cc3cc(C(F)(F)F)cc(C(F)(F)F)c3)n2)C(N)C1CC. The number of halogens is 9. The van der Waals surface area contributed by atoms with Crippen LogP contribution in [-0.2, 0) is 41.0 Å². The Labute approximate surface area is 315 Å². The van der Waals surface area contributed by atoms with E-state index in [1.165, 1.54) is 6.20 Å². The fourth-order valence-corrected chi connectivity index (χ4v) is 6.79. The summed E-state index contributed by atoms with van der Waals surface area (Å²) in [5, 5.41) is 5.26. The minimum atomic E-state index is -5.15. The number of anilines is 1. The number of ether oxygens (including phenoxy) is 2. The van der Waals surface area contributed by atoms with Crippen molar-refractivity contribution in [3.8, 4) is 0 Å². The molecule has 0 radical (unpaired) electrons. The van der Waals surface area contributed by atoms with Crippen molar-refractivity contribution in [1.29, 1.82) is 0 Å². The predicted octanol–water partition coefficient (Wildman–Crippen LogP) is 6.47. The number of nitrogens with one attached hydrogen (secondary N) is 2. The van der Waals surface area contributed by atoms with E-state index in [1.54, 1.807) is 13.8 Å². The minimum absolute atomic E-state index is 0.0188. The van der Waals surface area contributed by atoms with E-state index >= 15 is 0 Å². The summed E-state index contributed by atoms with van der Waals surface area (Å²) in [6.07, 6.45) is -15.3. The average molecular weight is 806 g/mol. The van der Waals surface area contributed by atoms with Crippen LogP contribution in [0.1, 0.15) is 71.1 Å². The molecule has 56 heavy (non-hydrogen) atoms. The van der Waals surface area contributed by atoms with E-state index in [0.29, 0.717) is 45.0 Å². The van der Waals surface area contributed by atoms with E-state index in [4.69, 9.17) is 15.2 Å². The number of nitrogens with zero attached hydrogens (tertiary/aromatic N) is 4. The first-order valence-corrected chi connectivity index (χ1v) is 17.7. The molecule has 3 heterocycles. The third kappa shape index (κ3) is 9.99. The van der Waals surface area contributed by atoms with E-state index in [-0.39, 0.29) is 60.5 Å². The van der Waals surface area contributed by atoms with E-state index in [9.17, 15) is 49.1 Å². The molecule has 0 saturated carbocycles. The summed E-state index contributed by atoms with van der Waals surface area (Å²) >= 11 is 0. The number of hydrogen-bond acceptors (Lipinski definition) is 8. The Bertz CT molecular complexity index is 1840. The topological polar surface area (TPSA) is 135 Å². The number of alkyl halides is 9. The van der Waals surface area contributed by atoms with Gasteiger partial charge in [0.05, 0.1) is 59.9 Å². The van der Waals surface area contributed by atoms with Gasteiger partial charge in [0.25, 0.3) is 0 Å². The molecule has 0 bridgehead atoms. The second-order valence-corrected chi connectivity index (χ2v) is 13.2. The first-order valence-electron chi connectivity index (χ1n) is 17.7. The van der Waals surface area contributed by atoms with Crippen molar-refractivity contribution in [3.05, 3.63) is 87.5 Å². The van der Waals surface area contributed by atoms with Crippen LogP contribution in [-0.4, -0.2) is 85.1 Å². The molecular formula is C36H40F9N7O4. The smallest absolute Gasteiger partial charge is 0.416 e. The zero-order chi connectivity index (χ0) is 41.0. The average Bonchev–Trinajstić information content (AvgIpc) is 3.13. The van der Waals surface area contributed by atoms with Gasteiger partial charge in [0.1, 0.15) is 5.82 Å². The number of hydrogen-bond donors (Lipinski definition) is 3. The fourth-order valence-electron chi connectivity index (χ4n) is 6.79.